The van der Waals surface area contributed by atoms with Crippen LogP contribution in [0.25, 0.3) is 0 Å². The molecule has 2 N–H and O–H groups in total. The Bertz CT molecular complexity index is 246. The predicted octanol–water partition coefficient (Wildman–Crippen LogP) is 2.08. The first-order chi connectivity index (χ1) is 5.86. The predicted molar refractivity (Wildman–Crippen MR) is 52.5 cm³/mol. The summed E-state index contributed by atoms with van der Waals surface area (Å²) in [4.78, 5) is 0. The van der Waals surface area contributed by atoms with Gasteiger partial charge in [-0.1, -0.05) is 36.4 Å². The van der Waals surface area contributed by atoms with Crippen molar-refractivity contribution in [1.29, 1.82) is 0 Å². The second kappa shape index (κ2) is 4.73. The highest BCUT2D eigenvalue weighted by molar-refractivity contribution is 5.23. The molecular weight excluding hydrogens is 146 g/mol. The van der Waals surface area contributed by atoms with Gasteiger partial charge in [-0.2, -0.15) is 0 Å². The number of benzene rings is 1. The van der Waals surface area contributed by atoms with Gasteiger partial charge < -0.3 is 5.73 Å². The molecule has 0 heterocycles. The van der Waals surface area contributed by atoms with Crippen LogP contribution in [0.15, 0.2) is 36.4 Å². The number of nitrogens with two attached hydrogens (primary N) is 1. The van der Waals surface area contributed by atoms with Crippen LogP contribution in [-0.4, -0.2) is 0 Å². The highest BCUT2D eigenvalue weighted by Crippen LogP contribution is 2.04. The molecule has 12 heavy (non-hydrogen) atoms. The Morgan fingerprint density at radius 3 is 2.25 bits per heavy atom. The van der Waals surface area contributed by atoms with Crippen LogP contribution in [0.5, 0.6) is 0 Å². The van der Waals surface area contributed by atoms with Crippen molar-refractivity contribution in [3.63, 3.8) is 0 Å². The summed E-state index contributed by atoms with van der Waals surface area (Å²) < 4.78 is 0. The Balaban J connectivity index is 2.64. The monoisotopic (exact) mass is 160 g/mol. The molecule has 0 aliphatic carbocycles. The first-order valence-corrected chi connectivity index (χ1v) is 4.09. The van der Waals surface area contributed by atoms with Crippen LogP contribution in [0.4, 0.5) is 0 Å². The zero-order valence-corrected chi connectivity index (χ0v) is 7.16. The lowest BCUT2D eigenvalue weighted by molar-refractivity contribution is 1.07. The van der Waals surface area contributed by atoms with Crippen LogP contribution < -0.4 is 5.73 Å². The molecule has 63 valence electrons. The average Bonchev–Trinajstić information content (AvgIpc) is 2.15. The molecule has 0 spiro atoms. The highest BCUT2D eigenvalue weighted by Gasteiger charge is 1.89. The van der Waals surface area contributed by atoms with Gasteiger partial charge in [0.05, 0.1) is 0 Å². The number of hydrogen-bond acceptors (Lipinski definition) is 1. The quantitative estimate of drug-likeness (QED) is 0.719. The molecule has 0 saturated carbocycles. The fourth-order valence-corrected chi connectivity index (χ4v) is 1.03. The minimum absolute atomic E-state index is 0.617. The van der Waals surface area contributed by atoms with Gasteiger partial charge in [0, 0.05) is 6.54 Å². The lowest BCUT2D eigenvalue weighted by atomic mass is 10.1. The number of hydrogen-bond donors (Lipinski definition) is 1. The van der Waals surface area contributed by atoms with E-state index in [1.54, 1.807) is 0 Å². The first kappa shape index (κ1) is 9.01. The SMILES string of the molecule is [CH2]/C=C/Cc1ccc(CN)cc1. The summed E-state index contributed by atoms with van der Waals surface area (Å²) in [7, 11) is 0. The number of rotatable bonds is 3. The molecule has 0 unspecified atom stereocenters. The Morgan fingerprint density at radius 2 is 1.75 bits per heavy atom. The van der Waals surface area contributed by atoms with Crippen molar-refractivity contribution >= 4 is 0 Å². The van der Waals surface area contributed by atoms with Gasteiger partial charge in [0.1, 0.15) is 0 Å². The van der Waals surface area contributed by atoms with Gasteiger partial charge in [-0.3, -0.25) is 0 Å². The van der Waals surface area contributed by atoms with Crippen molar-refractivity contribution < 1.29 is 0 Å². The van der Waals surface area contributed by atoms with E-state index in [0.717, 1.165) is 6.42 Å². The summed E-state index contributed by atoms with van der Waals surface area (Å²) in [6, 6.07) is 8.32. The van der Waals surface area contributed by atoms with Crippen LogP contribution in [0.1, 0.15) is 11.1 Å². The fraction of sp³-hybridized carbons (Fsp3) is 0.182. The van der Waals surface area contributed by atoms with Crippen LogP contribution in [0, 0.1) is 6.92 Å². The second-order valence-corrected chi connectivity index (χ2v) is 2.70. The largest absolute Gasteiger partial charge is 0.326 e. The van der Waals surface area contributed by atoms with E-state index in [2.05, 4.69) is 31.2 Å². The third-order valence-corrected chi connectivity index (χ3v) is 1.78. The molecule has 0 amide bonds. The first-order valence-electron chi connectivity index (χ1n) is 4.09. The normalized spacial score (nSPS) is 10.8. The topological polar surface area (TPSA) is 26.0 Å². The summed E-state index contributed by atoms with van der Waals surface area (Å²) in [5.74, 6) is 0. The molecule has 1 aromatic rings. The Labute approximate surface area is 73.9 Å². The molecule has 0 aliphatic heterocycles. The van der Waals surface area contributed by atoms with Gasteiger partial charge in [0.25, 0.3) is 0 Å². The Kier molecular flexibility index (Phi) is 3.55. The Morgan fingerprint density at radius 1 is 1.17 bits per heavy atom. The average molecular weight is 160 g/mol. The molecule has 0 aromatic heterocycles. The molecule has 1 heteroatoms. The maximum atomic E-state index is 5.48. The molecule has 0 bridgehead atoms. The van der Waals surface area contributed by atoms with E-state index in [-0.39, 0.29) is 0 Å². The van der Waals surface area contributed by atoms with Gasteiger partial charge in [-0.05, 0) is 24.5 Å². The van der Waals surface area contributed by atoms with E-state index < -0.39 is 0 Å². The molecule has 0 aliphatic rings. The van der Waals surface area contributed by atoms with Gasteiger partial charge >= 0.3 is 0 Å². The van der Waals surface area contributed by atoms with Gasteiger partial charge in [0.15, 0.2) is 0 Å². The minimum Gasteiger partial charge on any atom is -0.326 e. The molecule has 1 aromatic carbocycles. The van der Waals surface area contributed by atoms with Crippen molar-refractivity contribution in [2.75, 3.05) is 0 Å². The van der Waals surface area contributed by atoms with Crippen molar-refractivity contribution in [3.8, 4) is 0 Å². The maximum absolute atomic E-state index is 5.48. The molecule has 1 radical (unpaired) electrons. The second-order valence-electron chi connectivity index (χ2n) is 2.70. The minimum atomic E-state index is 0.617. The van der Waals surface area contributed by atoms with E-state index in [4.69, 9.17) is 5.73 Å². The third-order valence-electron chi connectivity index (χ3n) is 1.78. The van der Waals surface area contributed by atoms with Crippen molar-refractivity contribution in [1.82, 2.24) is 0 Å². The highest BCUT2D eigenvalue weighted by atomic mass is 14.5. The van der Waals surface area contributed by atoms with Crippen LogP contribution in [0.2, 0.25) is 0 Å². The van der Waals surface area contributed by atoms with E-state index in [0.29, 0.717) is 6.54 Å². The molecule has 0 atom stereocenters. The summed E-state index contributed by atoms with van der Waals surface area (Å²) in [5.41, 5.74) is 7.95. The molecule has 0 fully saturated rings. The summed E-state index contributed by atoms with van der Waals surface area (Å²) in [6.45, 7) is 4.25. The zero-order valence-electron chi connectivity index (χ0n) is 7.16. The van der Waals surface area contributed by atoms with Crippen molar-refractivity contribution in [2.45, 2.75) is 13.0 Å². The fourth-order valence-electron chi connectivity index (χ4n) is 1.03. The van der Waals surface area contributed by atoms with Crippen LogP contribution in [0.3, 0.4) is 0 Å². The maximum Gasteiger partial charge on any atom is 0.0178 e. The van der Waals surface area contributed by atoms with Crippen molar-refractivity contribution in [3.05, 3.63) is 54.5 Å². The zero-order chi connectivity index (χ0) is 8.81. The van der Waals surface area contributed by atoms with Crippen LogP contribution in [-0.2, 0) is 13.0 Å². The molecule has 1 rings (SSSR count). The molecular formula is C11H14N. The number of allylic oxidation sites excluding steroid dienone is 2. The summed E-state index contributed by atoms with van der Waals surface area (Å²) in [5, 5.41) is 0. The summed E-state index contributed by atoms with van der Waals surface area (Å²) >= 11 is 0. The lowest BCUT2D eigenvalue weighted by Gasteiger charge is -1.98. The van der Waals surface area contributed by atoms with Crippen molar-refractivity contribution in [2.24, 2.45) is 5.73 Å². The van der Waals surface area contributed by atoms with Gasteiger partial charge in [-0.15, -0.1) is 0 Å². The van der Waals surface area contributed by atoms with E-state index in [1.165, 1.54) is 11.1 Å². The van der Waals surface area contributed by atoms with E-state index in [1.807, 2.05) is 12.2 Å². The van der Waals surface area contributed by atoms with E-state index >= 15 is 0 Å². The smallest absolute Gasteiger partial charge is 0.0178 e. The molecule has 0 saturated heterocycles. The van der Waals surface area contributed by atoms with E-state index in [9.17, 15) is 0 Å². The standard InChI is InChI=1S/C11H14N/c1-2-3-4-10-5-7-11(9-12)8-6-10/h2-3,5-8H,1,4,9,12H2/b3-2+. The lowest BCUT2D eigenvalue weighted by Crippen LogP contribution is -1.95. The summed E-state index contributed by atoms with van der Waals surface area (Å²) in [6.07, 6.45) is 4.81. The van der Waals surface area contributed by atoms with Gasteiger partial charge in [0.2, 0.25) is 0 Å². The Hall–Kier alpha value is -1.08. The third kappa shape index (κ3) is 2.51. The molecule has 1 nitrogen and oxygen atoms in total. The van der Waals surface area contributed by atoms with Crippen LogP contribution >= 0.6 is 0 Å². The van der Waals surface area contributed by atoms with Gasteiger partial charge in [-0.25, -0.2) is 0 Å².